The molecule has 1 aliphatic heterocycles. The topological polar surface area (TPSA) is 70.4 Å². The first-order valence-corrected chi connectivity index (χ1v) is 13.4. The van der Waals surface area contributed by atoms with Gasteiger partial charge in [0.2, 0.25) is 5.91 Å². The first-order chi connectivity index (χ1) is 18.3. The van der Waals surface area contributed by atoms with Crippen LogP contribution in [-0.4, -0.2) is 27.4 Å². The summed E-state index contributed by atoms with van der Waals surface area (Å²) in [5.74, 6) is 1.21. The molecule has 1 fully saturated rings. The fraction of sp³-hybridized carbons (Fsp3) is 0.207. The van der Waals surface area contributed by atoms with Crippen LogP contribution in [0.3, 0.4) is 0 Å². The number of carbonyl (C=O) groups is 1. The number of aromatic nitrogens is 1. The average Bonchev–Trinajstić information content (AvgIpc) is 3.50. The van der Waals surface area contributed by atoms with Gasteiger partial charge in [-0.1, -0.05) is 41.4 Å². The maximum Gasteiger partial charge on any atom is 0.226 e. The summed E-state index contributed by atoms with van der Waals surface area (Å²) in [6.45, 7) is 4.37. The van der Waals surface area contributed by atoms with Crippen LogP contribution in [0.1, 0.15) is 41.1 Å². The van der Waals surface area contributed by atoms with Crippen LogP contribution in [0.2, 0.25) is 10.0 Å². The number of furan rings is 1. The molecule has 6 nitrogen and oxygen atoms in total. The van der Waals surface area contributed by atoms with Gasteiger partial charge in [0.1, 0.15) is 17.6 Å². The number of thiocarbonyl (C=S) groups is 1. The number of nitrogens with zero attached hydrogens (tertiary/aromatic N) is 2. The van der Waals surface area contributed by atoms with E-state index in [9.17, 15) is 4.79 Å². The second kappa shape index (κ2) is 11.2. The van der Waals surface area contributed by atoms with E-state index in [0.717, 1.165) is 28.1 Å². The van der Waals surface area contributed by atoms with E-state index in [1.165, 1.54) is 0 Å². The SMILES string of the molecule is Cc1ccc(C)c(NC(=O)CCN2C(=S)N[C@H](c3ccccn3)[C@@H]2c2ccc(-c3ccc(Cl)cc3Cl)o2)c1. The number of hydrogen-bond acceptors (Lipinski definition) is 4. The number of halogens is 2. The van der Waals surface area contributed by atoms with Crippen LogP contribution < -0.4 is 10.6 Å². The summed E-state index contributed by atoms with van der Waals surface area (Å²) in [5.41, 5.74) is 4.48. The van der Waals surface area contributed by atoms with E-state index >= 15 is 0 Å². The Balaban J connectivity index is 1.41. The summed E-state index contributed by atoms with van der Waals surface area (Å²) in [5, 5.41) is 8.01. The molecule has 0 saturated carbocycles. The number of anilines is 1. The van der Waals surface area contributed by atoms with Gasteiger partial charge in [0.25, 0.3) is 0 Å². The lowest BCUT2D eigenvalue weighted by atomic mass is 10.0. The third-order valence-electron chi connectivity index (χ3n) is 6.56. The van der Waals surface area contributed by atoms with Crippen LogP contribution >= 0.6 is 35.4 Å². The fourth-order valence-electron chi connectivity index (χ4n) is 4.61. The third kappa shape index (κ3) is 5.55. The Kier molecular flexibility index (Phi) is 7.70. The molecule has 2 aromatic heterocycles. The summed E-state index contributed by atoms with van der Waals surface area (Å²) < 4.78 is 6.34. The van der Waals surface area contributed by atoms with Crippen molar-refractivity contribution >= 4 is 52.1 Å². The summed E-state index contributed by atoms with van der Waals surface area (Å²) in [6.07, 6.45) is 2.00. The van der Waals surface area contributed by atoms with Crippen LogP contribution in [0.5, 0.6) is 0 Å². The highest BCUT2D eigenvalue weighted by Crippen LogP contribution is 2.41. The van der Waals surface area contributed by atoms with Gasteiger partial charge in [0, 0.05) is 35.4 Å². The van der Waals surface area contributed by atoms with Crippen molar-refractivity contribution < 1.29 is 9.21 Å². The monoisotopic (exact) mass is 564 g/mol. The zero-order valence-electron chi connectivity index (χ0n) is 20.9. The number of hydrogen-bond donors (Lipinski definition) is 2. The van der Waals surface area contributed by atoms with Crippen LogP contribution in [0.15, 0.2) is 77.3 Å². The highest BCUT2D eigenvalue weighted by Gasteiger charge is 2.41. The van der Waals surface area contributed by atoms with Gasteiger partial charge in [-0.2, -0.15) is 0 Å². The van der Waals surface area contributed by atoms with Crippen molar-refractivity contribution in [2.45, 2.75) is 32.4 Å². The Morgan fingerprint density at radius 2 is 1.95 bits per heavy atom. The molecular formula is C29H26Cl2N4O2S. The number of pyridine rings is 1. The molecule has 0 bridgehead atoms. The molecule has 0 unspecified atom stereocenters. The fourth-order valence-corrected chi connectivity index (χ4v) is 5.44. The second-order valence-electron chi connectivity index (χ2n) is 9.26. The van der Waals surface area contributed by atoms with Crippen molar-refractivity contribution in [1.82, 2.24) is 15.2 Å². The van der Waals surface area contributed by atoms with Gasteiger partial charge in [-0.15, -0.1) is 0 Å². The van der Waals surface area contributed by atoms with Crippen molar-refractivity contribution in [3.63, 3.8) is 0 Å². The molecule has 0 radical (unpaired) electrons. The first-order valence-electron chi connectivity index (χ1n) is 12.2. The molecule has 194 valence electrons. The van der Waals surface area contributed by atoms with E-state index in [-0.39, 0.29) is 24.4 Å². The van der Waals surface area contributed by atoms with Crippen LogP contribution in [0.25, 0.3) is 11.3 Å². The van der Waals surface area contributed by atoms with Crippen LogP contribution in [0.4, 0.5) is 5.69 Å². The molecule has 2 N–H and O–H groups in total. The summed E-state index contributed by atoms with van der Waals surface area (Å²) in [6, 6.07) is 20.3. The van der Waals surface area contributed by atoms with E-state index in [0.29, 0.717) is 33.2 Å². The lowest BCUT2D eigenvalue weighted by molar-refractivity contribution is -0.116. The maximum absolute atomic E-state index is 12.9. The standard InChI is InChI=1S/C29H26Cl2N4O2S/c1-17-6-7-18(2)23(15-17)33-26(36)12-14-35-28(27(34-29(35)38)22-5-3-4-13-32-22)25-11-10-24(37-25)20-9-8-19(30)16-21(20)31/h3-11,13,15-16,27-28H,12,14H2,1-2H3,(H,33,36)(H,34,38)/t27-,28+/m1/s1. The Bertz CT molecular complexity index is 1490. The smallest absolute Gasteiger partial charge is 0.226 e. The minimum atomic E-state index is -0.314. The highest BCUT2D eigenvalue weighted by molar-refractivity contribution is 7.80. The van der Waals surface area contributed by atoms with E-state index < -0.39 is 0 Å². The number of aryl methyl sites for hydroxylation is 2. The molecular weight excluding hydrogens is 539 g/mol. The largest absolute Gasteiger partial charge is 0.459 e. The predicted octanol–water partition coefficient (Wildman–Crippen LogP) is 7.27. The van der Waals surface area contributed by atoms with Crippen LogP contribution in [-0.2, 0) is 4.79 Å². The van der Waals surface area contributed by atoms with E-state index in [1.807, 2.05) is 73.3 Å². The zero-order valence-corrected chi connectivity index (χ0v) is 23.2. The van der Waals surface area contributed by atoms with E-state index in [4.69, 9.17) is 39.8 Å². The van der Waals surface area contributed by atoms with Gasteiger partial charge < -0.3 is 20.0 Å². The predicted molar refractivity (Wildman–Crippen MR) is 155 cm³/mol. The van der Waals surface area contributed by atoms with Crippen molar-refractivity contribution in [2.75, 3.05) is 11.9 Å². The van der Waals surface area contributed by atoms with Gasteiger partial charge in [0.15, 0.2) is 5.11 Å². The molecule has 2 atom stereocenters. The summed E-state index contributed by atoms with van der Waals surface area (Å²) in [7, 11) is 0. The molecule has 1 amide bonds. The van der Waals surface area contributed by atoms with Crippen molar-refractivity contribution in [1.29, 1.82) is 0 Å². The lowest BCUT2D eigenvalue weighted by Crippen LogP contribution is -2.32. The van der Waals surface area contributed by atoms with Gasteiger partial charge in [-0.05, 0) is 85.7 Å². The molecule has 1 aliphatic rings. The molecule has 5 rings (SSSR count). The van der Waals surface area contributed by atoms with Crippen molar-refractivity contribution in [3.8, 4) is 11.3 Å². The highest BCUT2D eigenvalue weighted by atomic mass is 35.5. The Labute approximate surface area is 237 Å². The quantitative estimate of drug-likeness (QED) is 0.230. The summed E-state index contributed by atoms with van der Waals surface area (Å²) in [4.78, 5) is 19.5. The molecule has 0 spiro atoms. The molecule has 0 aliphatic carbocycles. The lowest BCUT2D eigenvalue weighted by Gasteiger charge is -2.26. The Morgan fingerprint density at radius 1 is 1.11 bits per heavy atom. The van der Waals surface area contributed by atoms with Crippen LogP contribution in [0, 0.1) is 13.8 Å². The van der Waals surface area contributed by atoms with Crippen molar-refractivity contribution in [3.05, 3.63) is 106 Å². The molecule has 9 heteroatoms. The number of nitrogens with one attached hydrogen (secondary N) is 2. The molecule has 3 heterocycles. The number of benzene rings is 2. The first kappa shape index (κ1) is 26.2. The zero-order chi connectivity index (χ0) is 26.8. The van der Waals surface area contributed by atoms with E-state index in [1.54, 1.807) is 18.3 Å². The van der Waals surface area contributed by atoms with Gasteiger partial charge in [-0.25, -0.2) is 0 Å². The molecule has 38 heavy (non-hydrogen) atoms. The minimum Gasteiger partial charge on any atom is -0.459 e. The average molecular weight is 566 g/mol. The Hall–Kier alpha value is -3.39. The summed E-state index contributed by atoms with van der Waals surface area (Å²) >= 11 is 18.2. The van der Waals surface area contributed by atoms with Gasteiger partial charge in [0.05, 0.1) is 16.8 Å². The number of carbonyl (C=O) groups excluding carboxylic acids is 1. The van der Waals surface area contributed by atoms with Gasteiger partial charge >= 0.3 is 0 Å². The maximum atomic E-state index is 12.9. The number of amides is 1. The molecule has 4 aromatic rings. The van der Waals surface area contributed by atoms with Gasteiger partial charge in [-0.3, -0.25) is 9.78 Å². The number of rotatable bonds is 7. The molecule has 2 aromatic carbocycles. The van der Waals surface area contributed by atoms with E-state index in [2.05, 4.69) is 15.6 Å². The third-order valence-corrected chi connectivity index (χ3v) is 7.46. The van der Waals surface area contributed by atoms with Crippen molar-refractivity contribution in [2.24, 2.45) is 0 Å². The minimum absolute atomic E-state index is 0.0883. The molecule has 1 saturated heterocycles. The second-order valence-corrected chi connectivity index (χ2v) is 10.5. The normalized spacial score (nSPS) is 16.9. The Morgan fingerprint density at radius 3 is 2.71 bits per heavy atom.